The molecule has 0 saturated carbocycles. The Labute approximate surface area is 83.8 Å². The topological polar surface area (TPSA) is 69.7 Å². The lowest BCUT2D eigenvalue weighted by molar-refractivity contribution is -0.136. The SMILES string of the molecule is CCOS(=O)(=O)C(C)=C(C)C(=O)OC. The lowest BCUT2D eigenvalue weighted by Gasteiger charge is -2.06. The zero-order chi connectivity index (χ0) is 11.4. The number of ether oxygens (including phenoxy) is 1. The predicted octanol–water partition coefficient (Wildman–Crippen LogP) is 0.820. The van der Waals surface area contributed by atoms with Gasteiger partial charge < -0.3 is 4.74 Å². The van der Waals surface area contributed by atoms with E-state index in [-0.39, 0.29) is 17.1 Å². The van der Waals surface area contributed by atoms with Crippen LogP contribution in [0.4, 0.5) is 0 Å². The fourth-order valence-electron chi connectivity index (χ4n) is 0.728. The third-order valence-corrected chi connectivity index (χ3v) is 3.27. The first-order valence-electron chi connectivity index (χ1n) is 4.02. The van der Waals surface area contributed by atoms with E-state index in [0.29, 0.717) is 0 Å². The van der Waals surface area contributed by atoms with Crippen molar-refractivity contribution in [2.45, 2.75) is 20.8 Å². The van der Waals surface area contributed by atoms with E-state index in [4.69, 9.17) is 0 Å². The molecule has 0 amide bonds. The molecule has 0 atom stereocenters. The number of allylic oxidation sites excluding steroid dienone is 1. The number of esters is 1. The van der Waals surface area contributed by atoms with Gasteiger partial charge in [-0.15, -0.1) is 0 Å². The quantitative estimate of drug-likeness (QED) is 0.400. The van der Waals surface area contributed by atoms with Gasteiger partial charge in [0.05, 0.1) is 24.2 Å². The molecule has 0 bridgehead atoms. The predicted molar refractivity (Wildman–Crippen MR) is 50.9 cm³/mol. The molecule has 14 heavy (non-hydrogen) atoms. The van der Waals surface area contributed by atoms with Crippen molar-refractivity contribution >= 4 is 16.1 Å². The van der Waals surface area contributed by atoms with E-state index in [9.17, 15) is 13.2 Å². The van der Waals surface area contributed by atoms with Crippen molar-refractivity contribution in [1.29, 1.82) is 0 Å². The standard InChI is InChI=1S/C8H14O5S/c1-5-13-14(10,11)7(3)6(2)8(9)12-4/h5H2,1-4H3. The van der Waals surface area contributed by atoms with E-state index in [1.807, 2.05) is 0 Å². The molecule has 0 aliphatic heterocycles. The summed E-state index contributed by atoms with van der Waals surface area (Å²) in [6, 6.07) is 0. The molecule has 0 saturated heterocycles. The molecule has 0 unspecified atom stereocenters. The highest BCUT2D eigenvalue weighted by Crippen LogP contribution is 2.14. The van der Waals surface area contributed by atoms with Crippen LogP contribution in [-0.2, 0) is 23.8 Å². The monoisotopic (exact) mass is 222 g/mol. The first-order chi connectivity index (χ1) is 6.36. The molecular weight excluding hydrogens is 208 g/mol. The number of hydrogen-bond donors (Lipinski definition) is 0. The Hall–Kier alpha value is -0.880. The van der Waals surface area contributed by atoms with Gasteiger partial charge in [0.15, 0.2) is 0 Å². The van der Waals surface area contributed by atoms with E-state index in [1.165, 1.54) is 21.0 Å². The highest BCUT2D eigenvalue weighted by Gasteiger charge is 2.20. The molecular formula is C8H14O5S. The summed E-state index contributed by atoms with van der Waals surface area (Å²) < 4.78 is 31.5. The van der Waals surface area contributed by atoms with Crippen LogP contribution in [0.3, 0.4) is 0 Å². The summed E-state index contributed by atoms with van der Waals surface area (Å²) in [5.74, 6) is -0.675. The number of methoxy groups -OCH3 is 1. The van der Waals surface area contributed by atoms with Crippen LogP contribution < -0.4 is 0 Å². The second-order valence-corrected chi connectivity index (χ2v) is 4.29. The second-order valence-electron chi connectivity index (χ2n) is 2.53. The van der Waals surface area contributed by atoms with E-state index >= 15 is 0 Å². The van der Waals surface area contributed by atoms with Crippen LogP contribution >= 0.6 is 0 Å². The summed E-state index contributed by atoms with van der Waals surface area (Å²) in [6.45, 7) is 4.27. The van der Waals surface area contributed by atoms with Gasteiger partial charge in [0.1, 0.15) is 0 Å². The van der Waals surface area contributed by atoms with Gasteiger partial charge in [0, 0.05) is 0 Å². The Bertz CT molecular complexity index is 339. The van der Waals surface area contributed by atoms with Crippen molar-refractivity contribution in [3.63, 3.8) is 0 Å². The lowest BCUT2D eigenvalue weighted by atomic mass is 10.3. The second kappa shape index (κ2) is 5.11. The average Bonchev–Trinajstić information content (AvgIpc) is 2.14. The Morgan fingerprint density at radius 3 is 2.14 bits per heavy atom. The summed E-state index contributed by atoms with van der Waals surface area (Å²) in [4.78, 5) is 10.9. The fourth-order valence-corrected chi connectivity index (χ4v) is 1.67. The largest absolute Gasteiger partial charge is 0.466 e. The van der Waals surface area contributed by atoms with Gasteiger partial charge in [-0.25, -0.2) is 4.79 Å². The van der Waals surface area contributed by atoms with Crippen molar-refractivity contribution < 1.29 is 22.1 Å². The smallest absolute Gasteiger partial charge is 0.334 e. The zero-order valence-electron chi connectivity index (χ0n) is 8.66. The molecule has 0 aliphatic carbocycles. The van der Waals surface area contributed by atoms with Gasteiger partial charge in [0.25, 0.3) is 10.1 Å². The van der Waals surface area contributed by atoms with Gasteiger partial charge in [-0.1, -0.05) is 0 Å². The minimum Gasteiger partial charge on any atom is -0.466 e. The average molecular weight is 222 g/mol. The van der Waals surface area contributed by atoms with Crippen LogP contribution in [0.25, 0.3) is 0 Å². The van der Waals surface area contributed by atoms with E-state index in [0.717, 1.165) is 0 Å². The maximum atomic E-state index is 11.3. The Morgan fingerprint density at radius 2 is 1.79 bits per heavy atom. The van der Waals surface area contributed by atoms with E-state index in [2.05, 4.69) is 8.92 Å². The molecule has 0 fully saturated rings. The fraction of sp³-hybridized carbons (Fsp3) is 0.625. The molecule has 0 aromatic carbocycles. The van der Waals surface area contributed by atoms with Crippen LogP contribution in [0.1, 0.15) is 20.8 Å². The number of rotatable bonds is 4. The number of carbonyl (C=O) groups excluding carboxylic acids is 1. The first kappa shape index (κ1) is 13.1. The number of hydrogen-bond acceptors (Lipinski definition) is 5. The van der Waals surface area contributed by atoms with Crippen LogP contribution in [0.2, 0.25) is 0 Å². The van der Waals surface area contributed by atoms with Crippen molar-refractivity contribution in [3.8, 4) is 0 Å². The van der Waals surface area contributed by atoms with Gasteiger partial charge >= 0.3 is 5.97 Å². The normalized spacial score (nSPS) is 13.4. The summed E-state index contributed by atoms with van der Waals surface area (Å²) in [7, 11) is -2.60. The van der Waals surface area contributed by atoms with Crippen molar-refractivity contribution in [2.24, 2.45) is 0 Å². The van der Waals surface area contributed by atoms with Gasteiger partial charge in [-0.2, -0.15) is 8.42 Å². The van der Waals surface area contributed by atoms with Crippen molar-refractivity contribution in [3.05, 3.63) is 10.5 Å². The molecule has 0 spiro atoms. The molecule has 6 heteroatoms. The Morgan fingerprint density at radius 1 is 1.29 bits per heavy atom. The minimum absolute atomic E-state index is 0.0287. The third-order valence-electron chi connectivity index (χ3n) is 1.67. The van der Waals surface area contributed by atoms with Gasteiger partial charge in [0.2, 0.25) is 0 Å². The van der Waals surface area contributed by atoms with E-state index < -0.39 is 16.1 Å². The van der Waals surface area contributed by atoms with Crippen LogP contribution in [-0.4, -0.2) is 28.1 Å². The maximum absolute atomic E-state index is 11.3. The molecule has 0 aromatic heterocycles. The Balaban J connectivity index is 5.10. The summed E-state index contributed by atoms with van der Waals surface area (Å²) >= 11 is 0. The Kier molecular flexibility index (Phi) is 4.79. The molecule has 0 radical (unpaired) electrons. The zero-order valence-corrected chi connectivity index (χ0v) is 9.47. The summed E-state index contributed by atoms with van der Waals surface area (Å²) in [5, 5.41) is 0. The van der Waals surface area contributed by atoms with Crippen molar-refractivity contribution in [2.75, 3.05) is 13.7 Å². The summed E-state index contributed by atoms with van der Waals surface area (Å²) in [6.07, 6.45) is 0. The molecule has 82 valence electrons. The van der Waals surface area contributed by atoms with Gasteiger partial charge in [-0.3, -0.25) is 4.18 Å². The van der Waals surface area contributed by atoms with Gasteiger partial charge in [-0.05, 0) is 20.8 Å². The maximum Gasteiger partial charge on any atom is 0.334 e. The molecule has 0 rings (SSSR count). The highest BCUT2D eigenvalue weighted by molar-refractivity contribution is 7.90. The summed E-state index contributed by atoms with van der Waals surface area (Å²) in [5.41, 5.74) is 0.0287. The van der Waals surface area contributed by atoms with Crippen LogP contribution in [0.5, 0.6) is 0 Å². The van der Waals surface area contributed by atoms with Crippen LogP contribution in [0.15, 0.2) is 10.5 Å². The minimum atomic E-state index is -3.79. The molecule has 0 aromatic rings. The number of carbonyl (C=O) groups is 1. The molecule has 5 nitrogen and oxygen atoms in total. The van der Waals surface area contributed by atoms with E-state index in [1.54, 1.807) is 6.92 Å². The molecule has 0 aliphatic rings. The lowest BCUT2D eigenvalue weighted by Crippen LogP contribution is -2.12. The first-order valence-corrected chi connectivity index (χ1v) is 5.42. The molecule has 0 N–H and O–H groups in total. The highest BCUT2D eigenvalue weighted by atomic mass is 32.2. The third kappa shape index (κ3) is 3.12. The van der Waals surface area contributed by atoms with Crippen LogP contribution in [0, 0.1) is 0 Å². The van der Waals surface area contributed by atoms with Crippen molar-refractivity contribution in [1.82, 2.24) is 0 Å². The molecule has 0 heterocycles.